The maximum absolute atomic E-state index is 6.09. The number of halogens is 1. The van der Waals surface area contributed by atoms with Gasteiger partial charge >= 0.3 is 0 Å². The van der Waals surface area contributed by atoms with Gasteiger partial charge in [-0.1, -0.05) is 11.6 Å². The van der Waals surface area contributed by atoms with Gasteiger partial charge in [-0.3, -0.25) is 0 Å². The molecule has 88 valence electrons. The van der Waals surface area contributed by atoms with Crippen molar-refractivity contribution in [3.05, 3.63) is 47.1 Å². The molecule has 0 fully saturated rings. The fourth-order valence-corrected chi connectivity index (χ4v) is 3.65. The van der Waals surface area contributed by atoms with Gasteiger partial charge in [-0.05, 0) is 35.9 Å². The molecule has 2 nitrogen and oxygen atoms in total. The van der Waals surface area contributed by atoms with Crippen LogP contribution in [0, 0.1) is 0 Å². The van der Waals surface area contributed by atoms with E-state index in [4.69, 9.17) is 11.6 Å². The van der Waals surface area contributed by atoms with Crippen LogP contribution >= 0.6 is 23.4 Å². The smallest absolute Gasteiger partial charge is 0.106 e. The van der Waals surface area contributed by atoms with Crippen LogP contribution in [0.25, 0.3) is 22.2 Å². The number of hydrogen-bond donors (Lipinski definition) is 1. The molecule has 1 aliphatic rings. The molecular formula is C14H9ClN2S. The van der Waals surface area contributed by atoms with Crippen molar-refractivity contribution < 1.29 is 0 Å². The number of pyridine rings is 1. The van der Waals surface area contributed by atoms with Crippen LogP contribution in [0.3, 0.4) is 0 Å². The van der Waals surface area contributed by atoms with Gasteiger partial charge in [0.05, 0.1) is 5.69 Å². The third kappa shape index (κ3) is 1.41. The summed E-state index contributed by atoms with van der Waals surface area (Å²) in [6, 6.07) is 10.1. The lowest BCUT2D eigenvalue weighted by Crippen LogP contribution is -1.95. The summed E-state index contributed by atoms with van der Waals surface area (Å²) in [4.78, 5) is 7.91. The quantitative estimate of drug-likeness (QED) is 0.653. The number of nitrogens with one attached hydrogen (secondary N) is 1. The molecular weight excluding hydrogens is 264 g/mol. The van der Waals surface area contributed by atoms with Crippen LogP contribution < -0.4 is 0 Å². The van der Waals surface area contributed by atoms with E-state index in [0.29, 0.717) is 0 Å². The topological polar surface area (TPSA) is 28.7 Å². The monoisotopic (exact) mass is 272 g/mol. The highest BCUT2D eigenvalue weighted by Crippen LogP contribution is 2.43. The maximum Gasteiger partial charge on any atom is 0.106 e. The van der Waals surface area contributed by atoms with Gasteiger partial charge in [-0.2, -0.15) is 0 Å². The average Bonchev–Trinajstić information content (AvgIpc) is 2.77. The molecule has 0 spiro atoms. The molecule has 3 heterocycles. The number of rotatable bonds is 0. The highest BCUT2D eigenvalue weighted by atomic mass is 35.5. The first-order valence-corrected chi connectivity index (χ1v) is 7.07. The molecule has 2 aromatic heterocycles. The van der Waals surface area contributed by atoms with Crippen LogP contribution in [-0.2, 0) is 5.75 Å². The summed E-state index contributed by atoms with van der Waals surface area (Å²) in [7, 11) is 0. The summed E-state index contributed by atoms with van der Waals surface area (Å²) in [5.41, 5.74) is 4.85. The minimum absolute atomic E-state index is 0.784. The lowest BCUT2D eigenvalue weighted by atomic mass is 10.1. The third-order valence-corrected chi connectivity index (χ3v) is 4.53. The Hall–Kier alpha value is -1.45. The number of benzene rings is 1. The van der Waals surface area contributed by atoms with Gasteiger partial charge in [0.15, 0.2) is 0 Å². The Balaban J connectivity index is 2.08. The SMILES string of the molecule is Clc1ccc2[nH]c3c(c2c1)CSc1ncccc1-3. The first kappa shape index (κ1) is 10.5. The first-order valence-electron chi connectivity index (χ1n) is 5.71. The Labute approximate surface area is 113 Å². The average molecular weight is 273 g/mol. The van der Waals surface area contributed by atoms with Crippen molar-refractivity contribution in [2.45, 2.75) is 10.8 Å². The van der Waals surface area contributed by atoms with E-state index < -0.39 is 0 Å². The lowest BCUT2D eigenvalue weighted by Gasteiger charge is -2.14. The Morgan fingerprint density at radius 1 is 1.28 bits per heavy atom. The van der Waals surface area contributed by atoms with Crippen LogP contribution in [0.1, 0.15) is 5.56 Å². The summed E-state index contributed by atoms with van der Waals surface area (Å²) in [5.74, 6) is 0.944. The van der Waals surface area contributed by atoms with E-state index in [2.05, 4.69) is 16.0 Å². The first-order chi connectivity index (χ1) is 8.83. The number of nitrogens with zero attached hydrogens (tertiary/aromatic N) is 1. The van der Waals surface area contributed by atoms with Gasteiger partial charge in [-0.15, -0.1) is 11.8 Å². The van der Waals surface area contributed by atoms with E-state index in [1.165, 1.54) is 22.2 Å². The molecule has 0 radical (unpaired) electrons. The van der Waals surface area contributed by atoms with Crippen molar-refractivity contribution in [1.82, 2.24) is 9.97 Å². The molecule has 4 rings (SSSR count). The Bertz CT molecular complexity index is 764. The number of fused-ring (bicyclic) bond motifs is 5. The van der Waals surface area contributed by atoms with E-state index >= 15 is 0 Å². The normalized spacial score (nSPS) is 13.4. The van der Waals surface area contributed by atoms with Crippen LogP contribution in [0.15, 0.2) is 41.6 Å². The summed E-state index contributed by atoms with van der Waals surface area (Å²) >= 11 is 7.87. The summed E-state index contributed by atoms with van der Waals surface area (Å²) < 4.78 is 0. The van der Waals surface area contributed by atoms with Crippen molar-refractivity contribution in [3.63, 3.8) is 0 Å². The zero-order valence-corrected chi connectivity index (χ0v) is 11.0. The Morgan fingerprint density at radius 2 is 2.22 bits per heavy atom. The van der Waals surface area contributed by atoms with E-state index in [0.717, 1.165) is 21.3 Å². The Kier molecular flexibility index (Phi) is 2.19. The van der Waals surface area contributed by atoms with Crippen LogP contribution in [-0.4, -0.2) is 9.97 Å². The molecule has 0 aliphatic carbocycles. The minimum Gasteiger partial charge on any atom is -0.354 e. The van der Waals surface area contributed by atoms with Gasteiger partial charge in [-0.25, -0.2) is 4.98 Å². The van der Waals surface area contributed by atoms with Gasteiger partial charge in [0, 0.05) is 33.4 Å². The zero-order chi connectivity index (χ0) is 12.1. The molecule has 18 heavy (non-hydrogen) atoms. The third-order valence-electron chi connectivity index (χ3n) is 3.26. The molecule has 0 amide bonds. The maximum atomic E-state index is 6.09. The fraction of sp³-hybridized carbons (Fsp3) is 0.0714. The molecule has 3 aromatic rings. The molecule has 1 N–H and O–H groups in total. The lowest BCUT2D eigenvalue weighted by molar-refractivity contribution is 1.11. The molecule has 1 aromatic carbocycles. The van der Waals surface area contributed by atoms with Crippen LogP contribution in [0.4, 0.5) is 0 Å². The Morgan fingerprint density at radius 3 is 3.17 bits per heavy atom. The zero-order valence-electron chi connectivity index (χ0n) is 9.40. The number of aromatic nitrogens is 2. The highest BCUT2D eigenvalue weighted by Gasteiger charge is 2.21. The second-order valence-electron chi connectivity index (χ2n) is 4.31. The predicted molar refractivity (Wildman–Crippen MR) is 76.1 cm³/mol. The van der Waals surface area contributed by atoms with Gasteiger partial charge < -0.3 is 4.98 Å². The van der Waals surface area contributed by atoms with E-state index in [9.17, 15) is 0 Å². The second kappa shape index (κ2) is 3.77. The summed E-state index contributed by atoms with van der Waals surface area (Å²) in [6.07, 6.45) is 1.84. The van der Waals surface area contributed by atoms with E-state index in [1.807, 2.05) is 30.5 Å². The van der Waals surface area contributed by atoms with Crippen molar-refractivity contribution >= 4 is 34.3 Å². The van der Waals surface area contributed by atoms with E-state index in [-0.39, 0.29) is 0 Å². The van der Waals surface area contributed by atoms with Crippen LogP contribution in [0.2, 0.25) is 5.02 Å². The van der Waals surface area contributed by atoms with E-state index in [1.54, 1.807) is 11.8 Å². The van der Waals surface area contributed by atoms with Crippen molar-refractivity contribution in [2.24, 2.45) is 0 Å². The number of H-pyrrole nitrogens is 1. The second-order valence-corrected chi connectivity index (χ2v) is 5.71. The fourth-order valence-electron chi connectivity index (χ4n) is 2.44. The number of thioether (sulfide) groups is 1. The predicted octanol–water partition coefficient (Wildman–Crippen LogP) is 4.49. The molecule has 0 unspecified atom stereocenters. The van der Waals surface area contributed by atoms with Crippen molar-refractivity contribution in [2.75, 3.05) is 0 Å². The summed E-state index contributed by atoms with van der Waals surface area (Å²) in [5, 5.41) is 3.11. The molecule has 0 saturated carbocycles. The van der Waals surface area contributed by atoms with Gasteiger partial charge in [0.2, 0.25) is 0 Å². The number of aromatic amines is 1. The van der Waals surface area contributed by atoms with Gasteiger partial charge in [0.25, 0.3) is 0 Å². The minimum atomic E-state index is 0.784. The van der Waals surface area contributed by atoms with Crippen molar-refractivity contribution in [3.8, 4) is 11.3 Å². The standard InChI is InChI=1S/C14H9ClN2S/c15-8-3-4-12-10(6-8)11-7-18-14-9(13(11)17-12)2-1-5-16-14/h1-6,17H,7H2. The molecule has 4 heteroatoms. The summed E-state index contributed by atoms with van der Waals surface area (Å²) in [6.45, 7) is 0. The molecule has 0 saturated heterocycles. The molecule has 0 atom stereocenters. The number of hydrogen-bond acceptors (Lipinski definition) is 2. The molecule has 0 bridgehead atoms. The van der Waals surface area contributed by atoms with Crippen LogP contribution in [0.5, 0.6) is 0 Å². The molecule has 1 aliphatic heterocycles. The van der Waals surface area contributed by atoms with Crippen molar-refractivity contribution in [1.29, 1.82) is 0 Å². The van der Waals surface area contributed by atoms with Gasteiger partial charge in [0.1, 0.15) is 5.03 Å². The highest BCUT2D eigenvalue weighted by molar-refractivity contribution is 7.98. The largest absolute Gasteiger partial charge is 0.354 e.